The number of carbonyl (C=O) groups is 1. The van der Waals surface area contributed by atoms with Gasteiger partial charge in [0.25, 0.3) is 0 Å². The van der Waals surface area contributed by atoms with Gasteiger partial charge in [0.05, 0.1) is 33.1 Å². The molecule has 1 N–H and O–H groups in total. The molecule has 1 saturated heterocycles. The number of likely N-dealkylation sites (N-methyl/N-ethyl adjacent to an activating group) is 1. The van der Waals surface area contributed by atoms with Gasteiger partial charge in [0.2, 0.25) is 0 Å². The number of anilines is 1. The van der Waals surface area contributed by atoms with Gasteiger partial charge in [-0.15, -0.1) is 0 Å². The number of amides is 2. The predicted octanol–water partition coefficient (Wildman–Crippen LogP) is 1.58. The molecule has 2 amide bonds. The van der Waals surface area contributed by atoms with Gasteiger partial charge in [-0.1, -0.05) is 11.3 Å². The molecule has 125 valence electrons. The highest BCUT2D eigenvalue weighted by atomic mass is 32.1. The van der Waals surface area contributed by atoms with Crippen LogP contribution in [-0.2, 0) is 6.42 Å². The van der Waals surface area contributed by atoms with Gasteiger partial charge in [0.15, 0.2) is 5.13 Å². The van der Waals surface area contributed by atoms with Crippen LogP contribution >= 0.6 is 11.3 Å². The van der Waals surface area contributed by atoms with Gasteiger partial charge in [0, 0.05) is 23.7 Å². The lowest BCUT2D eigenvalue weighted by Gasteiger charge is -2.31. The molecule has 0 saturated carbocycles. The number of carbonyl (C=O) groups excluding carboxylic acids is 1. The summed E-state index contributed by atoms with van der Waals surface area (Å²) in [5.74, 6) is 0.917. The number of rotatable bonds is 3. The molecular formula is C16H19N4O2SSi. The second-order valence-corrected chi connectivity index (χ2v) is 8.81. The predicted molar refractivity (Wildman–Crippen MR) is 96.3 cm³/mol. The van der Waals surface area contributed by atoms with Crippen molar-refractivity contribution in [2.45, 2.75) is 24.5 Å². The van der Waals surface area contributed by atoms with E-state index < -0.39 is 5.16 Å². The van der Waals surface area contributed by atoms with Crippen molar-refractivity contribution in [2.75, 3.05) is 32.1 Å². The van der Waals surface area contributed by atoms with E-state index in [2.05, 4.69) is 20.5 Å². The summed E-state index contributed by atoms with van der Waals surface area (Å²) in [6.45, 7) is 3.42. The second-order valence-electron chi connectivity index (χ2n) is 6.76. The average Bonchev–Trinajstić information content (AvgIpc) is 3.14. The highest BCUT2D eigenvalue weighted by Gasteiger charge is 2.47. The van der Waals surface area contributed by atoms with Crippen LogP contribution in [0.5, 0.6) is 5.75 Å². The Kier molecular flexibility index (Phi) is 3.59. The first kappa shape index (κ1) is 15.9. The minimum Gasteiger partial charge on any atom is -0.493 e. The number of hydrogen-bond acceptors (Lipinski definition) is 5. The molecule has 8 heteroatoms. The average molecular weight is 360 g/mol. The fourth-order valence-corrected chi connectivity index (χ4v) is 4.73. The molecule has 1 unspecified atom stereocenters. The molecule has 3 radical (unpaired) electrons. The Morgan fingerprint density at radius 1 is 1.54 bits per heavy atom. The first-order chi connectivity index (χ1) is 11.4. The number of thiazole rings is 1. The highest BCUT2D eigenvalue weighted by Crippen LogP contribution is 2.39. The van der Waals surface area contributed by atoms with Gasteiger partial charge in [-0.25, -0.2) is 9.78 Å². The zero-order chi connectivity index (χ0) is 17.1. The van der Waals surface area contributed by atoms with E-state index in [0.717, 1.165) is 39.6 Å². The van der Waals surface area contributed by atoms with Gasteiger partial charge in [-0.3, -0.25) is 4.90 Å². The lowest BCUT2D eigenvalue weighted by atomic mass is 10.1. The van der Waals surface area contributed by atoms with E-state index in [1.54, 1.807) is 16.2 Å². The number of hydrogen-bond donors (Lipinski definition) is 1. The number of ether oxygens (including phenoxy) is 1. The second kappa shape index (κ2) is 5.43. The number of fused-ring (bicyclic) bond motifs is 3. The third kappa shape index (κ3) is 2.40. The molecule has 2 atom stereocenters. The quantitative estimate of drug-likeness (QED) is 0.846. The van der Waals surface area contributed by atoms with Crippen molar-refractivity contribution in [1.29, 1.82) is 0 Å². The summed E-state index contributed by atoms with van der Waals surface area (Å²) in [5, 5.41) is 3.25. The molecule has 1 fully saturated rings. The fourth-order valence-electron chi connectivity index (χ4n) is 3.36. The zero-order valence-electron chi connectivity index (χ0n) is 13.9. The van der Waals surface area contributed by atoms with Crippen LogP contribution in [-0.4, -0.2) is 64.6 Å². The Balaban J connectivity index is 1.79. The molecule has 0 aliphatic carbocycles. The topological polar surface area (TPSA) is 57.7 Å². The highest BCUT2D eigenvalue weighted by molar-refractivity contribution is 7.22. The fraction of sp³-hybridized carbons (Fsp3) is 0.500. The molecule has 24 heavy (non-hydrogen) atoms. The van der Waals surface area contributed by atoms with Crippen molar-refractivity contribution in [1.82, 2.24) is 15.2 Å². The van der Waals surface area contributed by atoms with Crippen LogP contribution in [0.3, 0.4) is 0 Å². The maximum absolute atomic E-state index is 12.6. The van der Waals surface area contributed by atoms with E-state index in [9.17, 15) is 4.79 Å². The normalized spacial score (nSPS) is 26.1. The summed E-state index contributed by atoms with van der Waals surface area (Å²) in [6, 6.07) is 3.86. The van der Waals surface area contributed by atoms with E-state index in [1.165, 1.54) is 0 Å². The van der Waals surface area contributed by atoms with Gasteiger partial charge in [-0.2, -0.15) is 0 Å². The Labute approximate surface area is 148 Å². The molecule has 4 rings (SSSR count). The van der Waals surface area contributed by atoms with E-state index >= 15 is 0 Å². The summed E-state index contributed by atoms with van der Waals surface area (Å²) in [4.78, 5) is 21.3. The number of nitrogens with one attached hydrogen (secondary N) is 1. The number of urea groups is 1. The molecule has 1 aromatic carbocycles. The molecule has 2 aromatic rings. The Morgan fingerprint density at radius 3 is 3.08 bits per heavy atom. The van der Waals surface area contributed by atoms with Gasteiger partial charge in [-0.05, 0) is 33.2 Å². The van der Waals surface area contributed by atoms with Crippen molar-refractivity contribution in [3.05, 3.63) is 17.7 Å². The lowest BCUT2D eigenvalue weighted by Crippen LogP contribution is -2.52. The first-order valence-electron chi connectivity index (χ1n) is 7.93. The molecular weight excluding hydrogens is 340 g/mol. The van der Waals surface area contributed by atoms with Crippen molar-refractivity contribution >= 4 is 43.0 Å². The van der Waals surface area contributed by atoms with Crippen LogP contribution in [0.25, 0.3) is 10.2 Å². The van der Waals surface area contributed by atoms with E-state index in [4.69, 9.17) is 9.72 Å². The van der Waals surface area contributed by atoms with Gasteiger partial charge in [0.1, 0.15) is 5.75 Å². The SMILES string of the molecule is CN(C)CC1N(c2nc3c4c(ccc3s2)OCC4)C(=O)N[C@]1(C)[Si]. The molecule has 2 aliphatic rings. The van der Waals surface area contributed by atoms with E-state index in [1.807, 2.05) is 33.2 Å². The van der Waals surface area contributed by atoms with Gasteiger partial charge < -0.3 is 15.0 Å². The standard InChI is InChI=1S/C16H19N4O2SSi/c1-16(24)12(8-19(2)3)20(14(21)18-16)15-17-13-9-6-7-22-10(9)4-5-11(13)23-15/h4-5,12H,6-8H2,1-3H3,(H,18,21)/t12?,16-/m1/s1. The van der Waals surface area contributed by atoms with Gasteiger partial charge >= 0.3 is 6.03 Å². The van der Waals surface area contributed by atoms with Crippen molar-refractivity contribution in [3.63, 3.8) is 0 Å². The maximum atomic E-state index is 12.6. The number of nitrogens with zero attached hydrogens (tertiary/aromatic N) is 3. The molecule has 1 aromatic heterocycles. The van der Waals surface area contributed by atoms with Crippen molar-refractivity contribution in [3.8, 4) is 5.75 Å². The van der Waals surface area contributed by atoms with Crippen LogP contribution in [0.2, 0.25) is 0 Å². The number of aromatic nitrogens is 1. The molecule has 2 aliphatic heterocycles. The molecule has 3 heterocycles. The lowest BCUT2D eigenvalue weighted by molar-refractivity contribution is 0.250. The van der Waals surface area contributed by atoms with Crippen LogP contribution < -0.4 is 15.0 Å². The summed E-state index contributed by atoms with van der Waals surface area (Å²) in [5.41, 5.74) is 2.11. The summed E-state index contributed by atoms with van der Waals surface area (Å²) in [6.07, 6.45) is 0.874. The minimum absolute atomic E-state index is 0.0541. The Morgan fingerprint density at radius 2 is 2.33 bits per heavy atom. The van der Waals surface area contributed by atoms with Crippen LogP contribution in [0.15, 0.2) is 12.1 Å². The molecule has 0 bridgehead atoms. The smallest absolute Gasteiger partial charge is 0.324 e. The number of benzene rings is 1. The van der Waals surface area contributed by atoms with Crippen LogP contribution in [0.1, 0.15) is 12.5 Å². The largest absolute Gasteiger partial charge is 0.493 e. The Hall–Kier alpha value is -1.64. The summed E-state index contributed by atoms with van der Waals surface area (Å²) < 4.78 is 6.72. The Bertz CT molecular complexity index is 820. The minimum atomic E-state index is -0.496. The van der Waals surface area contributed by atoms with Crippen molar-refractivity contribution in [2.24, 2.45) is 0 Å². The van der Waals surface area contributed by atoms with Crippen molar-refractivity contribution < 1.29 is 9.53 Å². The molecule has 0 spiro atoms. The zero-order valence-corrected chi connectivity index (χ0v) is 15.7. The molecule has 6 nitrogen and oxygen atoms in total. The van der Waals surface area contributed by atoms with E-state index in [0.29, 0.717) is 6.61 Å². The van der Waals surface area contributed by atoms with Crippen LogP contribution in [0, 0.1) is 0 Å². The summed E-state index contributed by atoms with van der Waals surface area (Å²) >= 11 is 1.55. The van der Waals surface area contributed by atoms with E-state index in [-0.39, 0.29) is 12.1 Å². The first-order valence-corrected chi connectivity index (χ1v) is 9.25. The third-order valence-corrected chi connectivity index (χ3v) is 6.01. The maximum Gasteiger partial charge on any atom is 0.324 e. The van der Waals surface area contributed by atoms with Crippen LogP contribution in [0.4, 0.5) is 9.93 Å². The summed E-state index contributed by atoms with van der Waals surface area (Å²) in [7, 11) is 7.74. The third-order valence-electron chi connectivity index (χ3n) is 4.53. The monoisotopic (exact) mass is 359 g/mol.